The van der Waals surface area contributed by atoms with Gasteiger partial charge in [0.25, 0.3) is 0 Å². The smallest absolute Gasteiger partial charge is 0.193 e. The van der Waals surface area contributed by atoms with Crippen molar-refractivity contribution in [2.75, 3.05) is 10.6 Å². The molecule has 0 radical (unpaired) electrons. The van der Waals surface area contributed by atoms with Gasteiger partial charge in [0, 0.05) is 11.1 Å². The predicted molar refractivity (Wildman–Crippen MR) is 121 cm³/mol. The first kappa shape index (κ1) is 19.7. The maximum absolute atomic E-state index is 12.8. The molecule has 1 saturated carbocycles. The van der Waals surface area contributed by atoms with E-state index in [1.165, 1.54) is 32.1 Å². The zero-order chi connectivity index (χ0) is 20.2. The van der Waals surface area contributed by atoms with Gasteiger partial charge in [0.05, 0.1) is 23.5 Å². The van der Waals surface area contributed by atoms with Crippen LogP contribution in [0.15, 0.2) is 53.5 Å². The molecule has 1 fully saturated rings. The molecule has 2 N–H and O–H groups in total. The van der Waals surface area contributed by atoms with Crippen LogP contribution in [0.2, 0.25) is 0 Å². The van der Waals surface area contributed by atoms with Gasteiger partial charge >= 0.3 is 0 Å². The molecule has 4 rings (SSSR count). The third-order valence-corrected chi connectivity index (χ3v) is 5.84. The van der Waals surface area contributed by atoms with Gasteiger partial charge in [0.1, 0.15) is 5.84 Å². The van der Waals surface area contributed by atoms with Crippen molar-refractivity contribution < 1.29 is 4.79 Å². The molecule has 0 amide bonds. The molecule has 2 aromatic carbocycles. The van der Waals surface area contributed by atoms with Crippen LogP contribution in [-0.2, 0) is 0 Å². The number of anilines is 2. The van der Waals surface area contributed by atoms with Gasteiger partial charge < -0.3 is 10.6 Å². The lowest BCUT2D eigenvalue weighted by molar-refractivity contribution is 0.103. The fraction of sp³-hybridized carbons (Fsp3) is 0.440. The maximum atomic E-state index is 12.8. The van der Waals surface area contributed by atoms with Gasteiger partial charge in [0.15, 0.2) is 5.78 Å². The molecule has 1 unspecified atom stereocenters. The zero-order valence-electron chi connectivity index (χ0n) is 17.4. The Hall–Kier alpha value is -2.62. The van der Waals surface area contributed by atoms with E-state index in [2.05, 4.69) is 24.5 Å². The minimum atomic E-state index is 0.0530. The van der Waals surface area contributed by atoms with Crippen LogP contribution in [0.4, 0.5) is 11.4 Å². The summed E-state index contributed by atoms with van der Waals surface area (Å²) >= 11 is 0. The first-order valence-electron chi connectivity index (χ1n) is 10.9. The second-order valence-electron chi connectivity index (χ2n) is 8.71. The molecule has 0 aromatic heterocycles. The summed E-state index contributed by atoms with van der Waals surface area (Å²) < 4.78 is 0. The normalized spacial score (nSPS) is 20.8. The Labute approximate surface area is 173 Å². The van der Waals surface area contributed by atoms with Gasteiger partial charge in [-0.1, -0.05) is 63.4 Å². The Morgan fingerprint density at radius 1 is 1.00 bits per heavy atom. The van der Waals surface area contributed by atoms with Crippen LogP contribution >= 0.6 is 0 Å². The van der Waals surface area contributed by atoms with E-state index < -0.39 is 0 Å². The lowest BCUT2D eigenvalue weighted by Crippen LogP contribution is -2.41. The van der Waals surface area contributed by atoms with E-state index in [9.17, 15) is 4.79 Å². The molecule has 1 heterocycles. The van der Waals surface area contributed by atoms with E-state index >= 15 is 0 Å². The van der Waals surface area contributed by atoms with Gasteiger partial charge in [-0.05, 0) is 43.4 Å². The van der Waals surface area contributed by atoms with Crippen LogP contribution in [0.25, 0.3) is 0 Å². The van der Waals surface area contributed by atoms with Gasteiger partial charge in [0.2, 0.25) is 0 Å². The standard InChI is InChI=1S/C25H31N3O/c1-17(2)15-23-25(26-20-11-7-4-8-12-20)28-21-14-13-19(16-22(21)27-23)24(29)18-9-5-3-6-10-18/h3,5-6,9-10,13-14,16-17,20,23,27H,4,7-8,11-12,15H2,1-2H3,(H,26,28). The Morgan fingerprint density at radius 2 is 1.76 bits per heavy atom. The highest BCUT2D eigenvalue weighted by Gasteiger charge is 2.26. The highest BCUT2D eigenvalue weighted by atomic mass is 16.1. The van der Waals surface area contributed by atoms with Crippen LogP contribution in [0, 0.1) is 5.92 Å². The molecule has 2 aromatic rings. The van der Waals surface area contributed by atoms with Crippen LogP contribution in [0.1, 0.15) is 68.3 Å². The average Bonchev–Trinajstić information content (AvgIpc) is 2.74. The van der Waals surface area contributed by atoms with Crippen molar-refractivity contribution in [2.45, 2.75) is 64.5 Å². The lowest BCUT2D eigenvalue weighted by Gasteiger charge is -2.32. The first-order valence-corrected chi connectivity index (χ1v) is 10.9. The number of carbonyl (C=O) groups is 1. The summed E-state index contributed by atoms with van der Waals surface area (Å²) in [5, 5.41) is 7.25. The number of hydrogen-bond acceptors (Lipinski definition) is 3. The van der Waals surface area contributed by atoms with E-state index in [4.69, 9.17) is 4.99 Å². The van der Waals surface area contributed by atoms with E-state index in [-0.39, 0.29) is 11.8 Å². The molecule has 29 heavy (non-hydrogen) atoms. The average molecular weight is 390 g/mol. The minimum Gasteiger partial charge on any atom is -0.373 e. The monoisotopic (exact) mass is 389 g/mol. The van der Waals surface area contributed by atoms with Crippen molar-refractivity contribution in [3.05, 3.63) is 59.7 Å². The Morgan fingerprint density at radius 3 is 2.48 bits per heavy atom. The predicted octanol–water partition coefficient (Wildman–Crippen LogP) is 5.90. The third-order valence-electron chi connectivity index (χ3n) is 5.84. The number of ketones is 1. The molecule has 4 nitrogen and oxygen atoms in total. The van der Waals surface area contributed by atoms with Gasteiger partial charge in [-0.2, -0.15) is 0 Å². The molecule has 2 aliphatic rings. The zero-order valence-corrected chi connectivity index (χ0v) is 17.4. The minimum absolute atomic E-state index is 0.0530. The van der Waals surface area contributed by atoms with E-state index in [1.54, 1.807) is 0 Å². The summed E-state index contributed by atoms with van der Waals surface area (Å²) in [6.07, 6.45) is 7.29. The van der Waals surface area contributed by atoms with Crippen molar-refractivity contribution >= 4 is 23.0 Å². The van der Waals surface area contributed by atoms with Crippen molar-refractivity contribution in [1.82, 2.24) is 0 Å². The number of aliphatic imine (C=N–C) groups is 1. The van der Waals surface area contributed by atoms with E-state index in [0.29, 0.717) is 17.5 Å². The second kappa shape index (κ2) is 8.81. The molecule has 1 aliphatic heterocycles. The van der Waals surface area contributed by atoms with Crippen LogP contribution < -0.4 is 10.6 Å². The highest BCUT2D eigenvalue weighted by molar-refractivity contribution is 6.12. The molecule has 0 bridgehead atoms. The van der Waals surface area contributed by atoms with E-state index in [0.717, 1.165) is 29.2 Å². The number of nitrogens with zero attached hydrogens (tertiary/aromatic N) is 1. The largest absolute Gasteiger partial charge is 0.373 e. The summed E-state index contributed by atoms with van der Waals surface area (Å²) in [7, 11) is 0. The van der Waals surface area contributed by atoms with Crippen molar-refractivity contribution in [3.63, 3.8) is 0 Å². The van der Waals surface area contributed by atoms with Crippen molar-refractivity contribution in [3.8, 4) is 0 Å². The number of benzene rings is 2. The Bertz CT molecular complexity index is 882. The SMILES string of the molecule is CC(C)CC1Nc2cc(C(=O)c3ccccc3)ccc2NC1=NC1CCCCC1. The molecular formula is C25H31N3O. The Balaban J connectivity index is 1.60. The summed E-state index contributed by atoms with van der Waals surface area (Å²) in [4.78, 5) is 18.0. The topological polar surface area (TPSA) is 53.5 Å². The number of amidine groups is 1. The van der Waals surface area contributed by atoms with Gasteiger partial charge in [-0.15, -0.1) is 0 Å². The van der Waals surface area contributed by atoms with Gasteiger partial charge in [-0.3, -0.25) is 9.79 Å². The van der Waals surface area contributed by atoms with Crippen molar-refractivity contribution in [2.24, 2.45) is 10.9 Å². The lowest BCUT2D eigenvalue weighted by atomic mass is 9.95. The van der Waals surface area contributed by atoms with Gasteiger partial charge in [-0.25, -0.2) is 0 Å². The second-order valence-corrected chi connectivity index (χ2v) is 8.71. The number of hydrogen-bond donors (Lipinski definition) is 2. The molecule has 1 aliphatic carbocycles. The fourth-order valence-corrected chi connectivity index (χ4v) is 4.32. The molecule has 4 heteroatoms. The number of nitrogens with one attached hydrogen (secondary N) is 2. The molecule has 0 spiro atoms. The summed E-state index contributed by atoms with van der Waals surface area (Å²) in [6.45, 7) is 4.48. The van der Waals surface area contributed by atoms with Crippen LogP contribution in [0.3, 0.4) is 0 Å². The molecular weight excluding hydrogens is 358 g/mol. The fourth-order valence-electron chi connectivity index (χ4n) is 4.32. The summed E-state index contributed by atoms with van der Waals surface area (Å²) in [5.41, 5.74) is 3.42. The number of carbonyl (C=O) groups excluding carboxylic acids is 1. The number of rotatable bonds is 5. The molecule has 1 atom stereocenters. The third kappa shape index (κ3) is 4.69. The summed E-state index contributed by atoms with van der Waals surface area (Å²) in [6, 6.07) is 15.9. The van der Waals surface area contributed by atoms with Crippen LogP contribution in [0.5, 0.6) is 0 Å². The van der Waals surface area contributed by atoms with Crippen LogP contribution in [-0.4, -0.2) is 23.7 Å². The molecule has 0 saturated heterocycles. The first-order chi connectivity index (χ1) is 14.1. The summed E-state index contributed by atoms with van der Waals surface area (Å²) in [5.74, 6) is 1.67. The Kier molecular flexibility index (Phi) is 5.98. The highest BCUT2D eigenvalue weighted by Crippen LogP contribution is 2.31. The van der Waals surface area contributed by atoms with E-state index in [1.807, 2.05) is 48.5 Å². The van der Waals surface area contributed by atoms with Crippen molar-refractivity contribution in [1.29, 1.82) is 0 Å². The quantitative estimate of drug-likeness (QED) is 0.626. The molecule has 152 valence electrons. The maximum Gasteiger partial charge on any atom is 0.193 e. The number of fused-ring (bicyclic) bond motifs is 1.